The summed E-state index contributed by atoms with van der Waals surface area (Å²) in [6.45, 7) is 4.87. The number of carbonyl (C=O) groups is 1. The van der Waals surface area contributed by atoms with Crippen LogP contribution in [-0.2, 0) is 11.2 Å². The smallest absolute Gasteiger partial charge is 0.220 e. The summed E-state index contributed by atoms with van der Waals surface area (Å²) in [5, 5.41) is 2.99. The predicted molar refractivity (Wildman–Crippen MR) is 86.1 cm³/mol. The molecule has 0 heterocycles. The van der Waals surface area contributed by atoms with Crippen molar-refractivity contribution >= 4 is 17.5 Å². The van der Waals surface area contributed by atoms with Gasteiger partial charge in [0.25, 0.3) is 0 Å². The van der Waals surface area contributed by atoms with Gasteiger partial charge in [-0.25, -0.2) is 0 Å². The van der Waals surface area contributed by atoms with Crippen molar-refractivity contribution in [3.8, 4) is 0 Å². The van der Waals surface area contributed by atoms with Crippen LogP contribution in [0.3, 0.4) is 0 Å². The number of hydrogen-bond acceptors (Lipinski definition) is 1. The third-order valence-electron chi connectivity index (χ3n) is 3.77. The summed E-state index contributed by atoms with van der Waals surface area (Å²) < 4.78 is 0. The van der Waals surface area contributed by atoms with Gasteiger partial charge in [-0.2, -0.15) is 0 Å². The van der Waals surface area contributed by atoms with E-state index in [1.165, 1.54) is 5.56 Å². The number of carbonyl (C=O) groups excluding carboxylic acids is 1. The first-order valence-corrected chi connectivity index (χ1v) is 8.05. The Morgan fingerprint density at radius 3 is 2.45 bits per heavy atom. The van der Waals surface area contributed by atoms with E-state index < -0.39 is 0 Å². The average molecular weight is 296 g/mol. The second-order valence-electron chi connectivity index (χ2n) is 5.24. The summed E-state index contributed by atoms with van der Waals surface area (Å²) in [5.41, 5.74) is 1.28. The monoisotopic (exact) mass is 295 g/mol. The molecule has 1 rings (SSSR count). The van der Waals surface area contributed by atoms with Crippen LogP contribution < -0.4 is 5.32 Å². The Morgan fingerprint density at radius 2 is 1.85 bits per heavy atom. The lowest BCUT2D eigenvalue weighted by molar-refractivity contribution is -0.121. The molecule has 0 fully saturated rings. The second kappa shape index (κ2) is 9.82. The van der Waals surface area contributed by atoms with E-state index in [0.29, 0.717) is 18.9 Å². The Hall–Kier alpha value is -1.02. The molecular weight excluding hydrogens is 270 g/mol. The third kappa shape index (κ3) is 6.42. The van der Waals surface area contributed by atoms with Crippen LogP contribution in [0.15, 0.2) is 30.3 Å². The minimum Gasteiger partial charge on any atom is -0.355 e. The van der Waals surface area contributed by atoms with Gasteiger partial charge in [0.1, 0.15) is 0 Å². The van der Waals surface area contributed by atoms with Gasteiger partial charge in [0.2, 0.25) is 5.91 Å². The van der Waals surface area contributed by atoms with E-state index >= 15 is 0 Å². The van der Waals surface area contributed by atoms with E-state index in [-0.39, 0.29) is 11.3 Å². The maximum absolute atomic E-state index is 11.8. The molecule has 0 saturated heterocycles. The average Bonchev–Trinajstić information content (AvgIpc) is 2.47. The number of rotatable bonds is 9. The highest BCUT2D eigenvalue weighted by atomic mass is 35.5. The molecule has 0 aliphatic carbocycles. The second-order valence-corrected chi connectivity index (χ2v) is 5.80. The van der Waals surface area contributed by atoms with E-state index in [2.05, 4.69) is 31.3 Å². The van der Waals surface area contributed by atoms with Gasteiger partial charge in [-0.15, -0.1) is 11.6 Å². The summed E-state index contributed by atoms with van der Waals surface area (Å²) in [4.78, 5) is 11.8. The lowest BCUT2D eigenvalue weighted by Gasteiger charge is -2.19. The minimum atomic E-state index is 0.0445. The quantitative estimate of drug-likeness (QED) is 0.681. The molecule has 0 aliphatic heterocycles. The van der Waals surface area contributed by atoms with Crippen LogP contribution in [0.5, 0.6) is 0 Å². The van der Waals surface area contributed by atoms with Crippen molar-refractivity contribution in [2.24, 2.45) is 5.92 Å². The molecule has 0 saturated carbocycles. The first-order chi connectivity index (χ1) is 9.67. The van der Waals surface area contributed by atoms with E-state index in [9.17, 15) is 4.79 Å². The highest BCUT2D eigenvalue weighted by Gasteiger charge is 2.16. The molecule has 1 atom stereocenters. The van der Waals surface area contributed by atoms with Crippen molar-refractivity contribution in [2.45, 2.75) is 51.3 Å². The molecular formula is C17H26ClNO. The van der Waals surface area contributed by atoms with Crippen molar-refractivity contribution < 1.29 is 4.79 Å². The maximum atomic E-state index is 11.8. The molecule has 1 unspecified atom stereocenters. The lowest BCUT2D eigenvalue weighted by Crippen LogP contribution is -2.33. The first kappa shape index (κ1) is 17.0. The van der Waals surface area contributed by atoms with E-state index in [1.54, 1.807) is 0 Å². The zero-order valence-electron chi connectivity index (χ0n) is 12.6. The van der Waals surface area contributed by atoms with Crippen LogP contribution in [0.2, 0.25) is 0 Å². The van der Waals surface area contributed by atoms with Gasteiger partial charge in [0, 0.05) is 13.0 Å². The van der Waals surface area contributed by atoms with Gasteiger partial charge in [0.05, 0.1) is 5.38 Å². The predicted octanol–water partition coefficient (Wildman–Crippen LogP) is 4.17. The zero-order chi connectivity index (χ0) is 14.8. The number of benzene rings is 1. The molecule has 0 aromatic heterocycles. The first-order valence-electron chi connectivity index (χ1n) is 7.62. The maximum Gasteiger partial charge on any atom is 0.220 e. The topological polar surface area (TPSA) is 29.1 Å². The van der Waals surface area contributed by atoms with Crippen LogP contribution in [0.1, 0.15) is 45.1 Å². The molecule has 3 heteroatoms. The lowest BCUT2D eigenvalue weighted by atomic mass is 9.99. The summed E-state index contributed by atoms with van der Waals surface area (Å²) in [5.74, 6) is 0.596. The highest BCUT2D eigenvalue weighted by molar-refractivity contribution is 6.21. The number of alkyl halides is 1. The number of nitrogens with one attached hydrogen (secondary N) is 1. The molecule has 112 valence electrons. The molecule has 1 aromatic rings. The summed E-state index contributed by atoms with van der Waals surface area (Å²) in [7, 11) is 0. The molecule has 1 amide bonds. The molecule has 20 heavy (non-hydrogen) atoms. The SMILES string of the molecule is CCC(CC)C(Cl)CNC(=O)CCCc1ccccc1. The Labute approximate surface area is 127 Å². The summed E-state index contributed by atoms with van der Waals surface area (Å²) in [6.07, 6.45) is 4.53. The normalized spacial score (nSPS) is 12.4. The number of amides is 1. The Balaban J connectivity index is 2.17. The fraction of sp³-hybridized carbons (Fsp3) is 0.588. The van der Waals surface area contributed by atoms with Crippen molar-refractivity contribution in [3.05, 3.63) is 35.9 Å². The van der Waals surface area contributed by atoms with Crippen LogP contribution >= 0.6 is 11.6 Å². The summed E-state index contributed by atoms with van der Waals surface area (Å²) >= 11 is 6.31. The van der Waals surface area contributed by atoms with Crippen molar-refractivity contribution in [1.29, 1.82) is 0 Å². The molecule has 2 nitrogen and oxygen atoms in total. The van der Waals surface area contributed by atoms with Crippen molar-refractivity contribution in [2.75, 3.05) is 6.54 Å². The van der Waals surface area contributed by atoms with Crippen LogP contribution in [0, 0.1) is 5.92 Å². The Kier molecular flexibility index (Phi) is 8.36. The molecule has 0 spiro atoms. The standard InChI is InChI=1S/C17H26ClNO/c1-3-15(4-2)16(18)13-19-17(20)12-8-11-14-9-6-5-7-10-14/h5-7,9-10,15-16H,3-4,8,11-13H2,1-2H3,(H,19,20). The van der Waals surface area contributed by atoms with Crippen LogP contribution in [-0.4, -0.2) is 17.8 Å². The molecule has 1 aromatic carbocycles. The van der Waals surface area contributed by atoms with Gasteiger partial charge in [-0.3, -0.25) is 4.79 Å². The Bertz CT molecular complexity index is 376. The molecule has 0 radical (unpaired) electrons. The highest BCUT2D eigenvalue weighted by Crippen LogP contribution is 2.17. The van der Waals surface area contributed by atoms with Gasteiger partial charge >= 0.3 is 0 Å². The third-order valence-corrected chi connectivity index (χ3v) is 4.28. The van der Waals surface area contributed by atoms with Gasteiger partial charge in [-0.1, -0.05) is 57.0 Å². The van der Waals surface area contributed by atoms with E-state index in [0.717, 1.165) is 25.7 Å². The van der Waals surface area contributed by atoms with Crippen molar-refractivity contribution in [3.63, 3.8) is 0 Å². The Morgan fingerprint density at radius 1 is 1.20 bits per heavy atom. The van der Waals surface area contributed by atoms with Gasteiger partial charge in [0.15, 0.2) is 0 Å². The van der Waals surface area contributed by atoms with Crippen molar-refractivity contribution in [1.82, 2.24) is 5.32 Å². The zero-order valence-corrected chi connectivity index (χ0v) is 13.3. The van der Waals surface area contributed by atoms with Gasteiger partial charge in [-0.05, 0) is 24.3 Å². The summed E-state index contributed by atoms with van der Waals surface area (Å²) in [6, 6.07) is 10.3. The van der Waals surface area contributed by atoms with Gasteiger partial charge < -0.3 is 5.32 Å². The number of aryl methyl sites for hydroxylation is 1. The fourth-order valence-electron chi connectivity index (χ4n) is 2.36. The minimum absolute atomic E-state index is 0.0445. The molecule has 0 bridgehead atoms. The molecule has 0 aliphatic rings. The van der Waals surface area contributed by atoms with E-state index in [1.807, 2.05) is 18.2 Å². The van der Waals surface area contributed by atoms with Crippen LogP contribution in [0.4, 0.5) is 0 Å². The van der Waals surface area contributed by atoms with E-state index in [4.69, 9.17) is 11.6 Å². The number of halogens is 1. The largest absolute Gasteiger partial charge is 0.355 e. The number of hydrogen-bond donors (Lipinski definition) is 1. The molecule has 1 N–H and O–H groups in total. The fourth-order valence-corrected chi connectivity index (χ4v) is 2.80. The van der Waals surface area contributed by atoms with Crippen LogP contribution in [0.25, 0.3) is 0 Å².